The van der Waals surface area contributed by atoms with E-state index < -0.39 is 0 Å². The van der Waals surface area contributed by atoms with Crippen LogP contribution in [-0.4, -0.2) is 61.6 Å². The van der Waals surface area contributed by atoms with Crippen molar-refractivity contribution in [1.82, 2.24) is 9.80 Å². The average molecular weight is 445 g/mol. The fraction of sp³-hybridized carbons (Fsp3) is 0.500. The second-order valence-electron chi connectivity index (χ2n) is 7.74. The fourth-order valence-corrected chi connectivity index (χ4v) is 4.86. The minimum absolute atomic E-state index is 0.00889. The number of amides is 2. The van der Waals surface area contributed by atoms with E-state index >= 15 is 0 Å². The molecule has 1 atom stereocenters. The maximum Gasteiger partial charge on any atom is 0.242 e. The third kappa shape index (κ3) is 5.86. The minimum atomic E-state index is -0.153. The summed E-state index contributed by atoms with van der Waals surface area (Å²) in [6.07, 6.45) is 1.93. The molecule has 0 fully saturated rings. The van der Waals surface area contributed by atoms with Gasteiger partial charge in [0.05, 0.1) is 12.6 Å². The van der Waals surface area contributed by atoms with Crippen LogP contribution in [0, 0.1) is 6.92 Å². The lowest BCUT2D eigenvalue weighted by Crippen LogP contribution is -2.48. The van der Waals surface area contributed by atoms with Crippen LogP contribution in [0.5, 0.6) is 5.75 Å². The molecule has 6 nitrogen and oxygen atoms in total. The highest BCUT2D eigenvalue weighted by Gasteiger charge is 2.33. The van der Waals surface area contributed by atoms with E-state index in [1.807, 2.05) is 43.0 Å². The van der Waals surface area contributed by atoms with Gasteiger partial charge in [-0.15, -0.1) is 11.3 Å². The summed E-state index contributed by atoms with van der Waals surface area (Å²) >= 11 is 1.73. The van der Waals surface area contributed by atoms with Crippen molar-refractivity contribution in [2.45, 2.75) is 39.2 Å². The quantitative estimate of drug-likeness (QED) is 0.523. The van der Waals surface area contributed by atoms with Crippen LogP contribution in [0.3, 0.4) is 0 Å². The van der Waals surface area contributed by atoms with Crippen LogP contribution in [0.2, 0.25) is 0 Å². The third-order valence-electron chi connectivity index (χ3n) is 5.66. The molecule has 7 heteroatoms. The SMILES string of the molecule is CCC(=O)N(CCCOC)CC(=O)N1CCc2sccc2[C@H]1COc1ccccc1C. The third-order valence-corrected chi connectivity index (χ3v) is 6.66. The van der Waals surface area contributed by atoms with Crippen LogP contribution >= 0.6 is 11.3 Å². The van der Waals surface area contributed by atoms with Crippen molar-refractivity contribution in [2.75, 3.05) is 40.0 Å². The Morgan fingerprint density at radius 1 is 1.26 bits per heavy atom. The molecule has 2 heterocycles. The number of thiophene rings is 1. The van der Waals surface area contributed by atoms with Crippen LogP contribution < -0.4 is 4.74 Å². The van der Waals surface area contributed by atoms with Crippen LogP contribution in [0.1, 0.15) is 41.8 Å². The number of benzene rings is 1. The van der Waals surface area contributed by atoms with Crippen molar-refractivity contribution in [3.05, 3.63) is 51.7 Å². The zero-order valence-corrected chi connectivity index (χ0v) is 19.5. The Morgan fingerprint density at radius 2 is 2.06 bits per heavy atom. The van der Waals surface area contributed by atoms with Crippen LogP contribution in [0.4, 0.5) is 0 Å². The summed E-state index contributed by atoms with van der Waals surface area (Å²) in [5.41, 5.74) is 2.23. The molecule has 1 aliphatic rings. The molecule has 1 aromatic heterocycles. The van der Waals surface area contributed by atoms with Crippen molar-refractivity contribution in [3.8, 4) is 5.75 Å². The molecule has 0 aliphatic carbocycles. The molecule has 1 aromatic carbocycles. The topological polar surface area (TPSA) is 59.1 Å². The zero-order valence-electron chi connectivity index (χ0n) is 18.6. The number of hydrogen-bond donors (Lipinski definition) is 0. The number of hydrogen-bond acceptors (Lipinski definition) is 5. The van der Waals surface area contributed by atoms with E-state index in [1.165, 1.54) is 4.88 Å². The second kappa shape index (κ2) is 11.3. The fourth-order valence-electron chi connectivity index (χ4n) is 3.93. The molecule has 0 radical (unpaired) electrons. The Hall–Kier alpha value is -2.38. The lowest BCUT2D eigenvalue weighted by atomic mass is 10.00. The van der Waals surface area contributed by atoms with Crippen LogP contribution in [0.25, 0.3) is 0 Å². The predicted molar refractivity (Wildman–Crippen MR) is 123 cm³/mol. The molecule has 0 spiro atoms. The summed E-state index contributed by atoms with van der Waals surface area (Å²) in [5.74, 6) is 0.791. The van der Waals surface area contributed by atoms with Crippen LogP contribution in [-0.2, 0) is 20.7 Å². The van der Waals surface area contributed by atoms with Gasteiger partial charge in [-0.05, 0) is 48.4 Å². The molecular formula is C24H32N2O4S. The maximum atomic E-state index is 13.3. The molecule has 3 rings (SSSR count). The Bertz CT molecular complexity index is 882. The number of ether oxygens (including phenoxy) is 2. The van der Waals surface area contributed by atoms with Crippen molar-refractivity contribution in [1.29, 1.82) is 0 Å². The van der Waals surface area contributed by atoms with Crippen molar-refractivity contribution < 1.29 is 19.1 Å². The highest BCUT2D eigenvalue weighted by molar-refractivity contribution is 7.10. The molecule has 2 amide bonds. The smallest absolute Gasteiger partial charge is 0.242 e. The summed E-state index contributed by atoms with van der Waals surface area (Å²) in [6.45, 7) is 6.06. The van der Waals surface area contributed by atoms with Crippen molar-refractivity contribution in [2.24, 2.45) is 0 Å². The lowest BCUT2D eigenvalue weighted by molar-refractivity contribution is -0.142. The average Bonchev–Trinajstić information content (AvgIpc) is 3.26. The van der Waals surface area contributed by atoms with Crippen molar-refractivity contribution >= 4 is 23.2 Å². The Balaban J connectivity index is 1.74. The van der Waals surface area contributed by atoms with E-state index in [2.05, 4.69) is 11.4 Å². The number of nitrogens with zero attached hydrogens (tertiary/aromatic N) is 2. The lowest BCUT2D eigenvalue weighted by Gasteiger charge is -2.37. The molecule has 2 aromatic rings. The highest BCUT2D eigenvalue weighted by Crippen LogP contribution is 2.34. The number of carbonyl (C=O) groups is 2. The van der Waals surface area contributed by atoms with Gasteiger partial charge >= 0.3 is 0 Å². The monoisotopic (exact) mass is 444 g/mol. The predicted octanol–water partition coefficient (Wildman–Crippen LogP) is 3.84. The summed E-state index contributed by atoms with van der Waals surface area (Å²) in [5, 5.41) is 2.08. The normalized spacial score (nSPS) is 15.5. The first-order valence-corrected chi connectivity index (χ1v) is 11.7. The number of aryl methyl sites for hydroxylation is 1. The molecule has 168 valence electrons. The summed E-state index contributed by atoms with van der Waals surface area (Å²) in [7, 11) is 1.64. The maximum absolute atomic E-state index is 13.3. The van der Waals surface area contributed by atoms with E-state index in [0.29, 0.717) is 39.1 Å². The van der Waals surface area contributed by atoms with E-state index in [1.54, 1.807) is 23.3 Å². The van der Waals surface area contributed by atoms with Crippen molar-refractivity contribution in [3.63, 3.8) is 0 Å². The summed E-state index contributed by atoms with van der Waals surface area (Å²) < 4.78 is 11.3. The minimum Gasteiger partial charge on any atom is -0.491 e. The summed E-state index contributed by atoms with van der Waals surface area (Å²) in [6, 6.07) is 9.85. The first-order chi connectivity index (χ1) is 15.0. The van der Waals surface area contributed by atoms with Gasteiger partial charge in [0.15, 0.2) is 0 Å². The van der Waals surface area contributed by atoms with Gasteiger partial charge in [-0.3, -0.25) is 9.59 Å². The number of carbonyl (C=O) groups excluding carboxylic acids is 2. The Morgan fingerprint density at radius 3 is 2.81 bits per heavy atom. The largest absolute Gasteiger partial charge is 0.491 e. The Kier molecular flexibility index (Phi) is 8.49. The molecule has 31 heavy (non-hydrogen) atoms. The standard InChI is InChI=1S/C24H32N2O4S/c1-4-23(27)25(12-7-14-29-3)16-24(28)26-13-10-22-19(11-15-31-22)20(26)17-30-21-9-6-5-8-18(21)2/h5-6,8-9,11,15,20H,4,7,10,12-14,16-17H2,1-3H3/t20-/m1/s1. The molecule has 0 saturated carbocycles. The van der Waals surface area contributed by atoms with Crippen LogP contribution in [0.15, 0.2) is 35.7 Å². The Labute approximate surface area is 188 Å². The van der Waals surface area contributed by atoms with Gasteiger partial charge in [0.1, 0.15) is 12.4 Å². The van der Waals surface area contributed by atoms with Gasteiger partial charge in [0, 0.05) is 38.1 Å². The van der Waals surface area contributed by atoms with E-state index in [4.69, 9.17) is 9.47 Å². The number of fused-ring (bicyclic) bond motifs is 1. The van der Waals surface area contributed by atoms with Gasteiger partial charge in [-0.2, -0.15) is 0 Å². The molecule has 0 saturated heterocycles. The first-order valence-electron chi connectivity index (χ1n) is 10.9. The molecule has 0 bridgehead atoms. The summed E-state index contributed by atoms with van der Waals surface area (Å²) in [4.78, 5) is 30.6. The van der Waals surface area contributed by atoms with Gasteiger partial charge in [0.25, 0.3) is 0 Å². The molecule has 0 N–H and O–H groups in total. The number of para-hydroxylation sites is 1. The van der Waals surface area contributed by atoms with Gasteiger partial charge in [-0.25, -0.2) is 0 Å². The molecule has 1 aliphatic heterocycles. The zero-order chi connectivity index (χ0) is 22.2. The van der Waals surface area contributed by atoms with Gasteiger partial charge < -0.3 is 19.3 Å². The van der Waals surface area contributed by atoms with E-state index in [-0.39, 0.29) is 24.4 Å². The number of rotatable bonds is 10. The second-order valence-corrected chi connectivity index (χ2v) is 8.74. The number of methoxy groups -OCH3 is 1. The van der Waals surface area contributed by atoms with Gasteiger partial charge in [0.2, 0.25) is 11.8 Å². The first kappa shape index (κ1) is 23.3. The highest BCUT2D eigenvalue weighted by atomic mass is 32.1. The molecular weight excluding hydrogens is 412 g/mol. The van der Waals surface area contributed by atoms with E-state index in [0.717, 1.165) is 23.3 Å². The van der Waals surface area contributed by atoms with Gasteiger partial charge in [-0.1, -0.05) is 25.1 Å². The molecule has 0 unspecified atom stereocenters. The van der Waals surface area contributed by atoms with E-state index in [9.17, 15) is 9.59 Å².